The van der Waals surface area contributed by atoms with Crippen molar-refractivity contribution < 1.29 is 22.7 Å². The van der Waals surface area contributed by atoms with Crippen LogP contribution in [0.1, 0.15) is 23.2 Å². The van der Waals surface area contributed by atoms with Crippen molar-refractivity contribution in [2.24, 2.45) is 5.92 Å². The lowest BCUT2D eigenvalue weighted by molar-refractivity contribution is 0.0872. The van der Waals surface area contributed by atoms with Crippen molar-refractivity contribution in [1.82, 2.24) is 13.1 Å². The van der Waals surface area contributed by atoms with E-state index < -0.39 is 15.9 Å². The van der Waals surface area contributed by atoms with E-state index in [0.29, 0.717) is 47.5 Å². The topological polar surface area (TPSA) is 98.7 Å². The zero-order valence-corrected chi connectivity index (χ0v) is 16.9. The molecule has 3 aromatic rings. The molecule has 1 fully saturated rings. The molecule has 150 valence electrons. The van der Waals surface area contributed by atoms with Crippen LogP contribution in [0.4, 0.5) is 0 Å². The molecule has 0 bridgehead atoms. The molecule has 8 nitrogen and oxygen atoms in total. The first-order chi connectivity index (χ1) is 14.0. The van der Waals surface area contributed by atoms with E-state index in [2.05, 4.69) is 8.75 Å². The Morgan fingerprint density at radius 3 is 2.90 bits per heavy atom. The summed E-state index contributed by atoms with van der Waals surface area (Å²) in [5, 5.41) is 0. The number of aromatic nitrogens is 2. The van der Waals surface area contributed by atoms with Gasteiger partial charge in [0.25, 0.3) is 0 Å². The smallest absolute Gasteiger partial charge is 0.245 e. The van der Waals surface area contributed by atoms with Crippen molar-refractivity contribution in [1.29, 1.82) is 0 Å². The summed E-state index contributed by atoms with van der Waals surface area (Å²) in [7, 11) is -3.78. The van der Waals surface area contributed by atoms with E-state index in [1.807, 2.05) is 0 Å². The molecule has 5 rings (SSSR count). The predicted molar refractivity (Wildman–Crippen MR) is 106 cm³/mol. The lowest BCUT2D eigenvalue weighted by Gasteiger charge is -2.31. The number of benzene rings is 2. The highest BCUT2D eigenvalue weighted by atomic mass is 32.2. The fourth-order valence-corrected chi connectivity index (χ4v) is 6.07. The Kier molecular flexibility index (Phi) is 4.49. The van der Waals surface area contributed by atoms with E-state index in [0.717, 1.165) is 11.7 Å². The van der Waals surface area contributed by atoms with Crippen LogP contribution in [0.3, 0.4) is 0 Å². The van der Waals surface area contributed by atoms with Crippen LogP contribution >= 0.6 is 11.7 Å². The zero-order chi connectivity index (χ0) is 20.0. The third-order valence-corrected chi connectivity index (χ3v) is 7.72. The number of carbonyl (C=O) groups is 1. The molecule has 29 heavy (non-hydrogen) atoms. The average Bonchev–Trinajstić information content (AvgIpc) is 3.41. The molecule has 0 radical (unpaired) electrons. The molecule has 0 aliphatic carbocycles. The van der Waals surface area contributed by atoms with Gasteiger partial charge in [0.2, 0.25) is 16.8 Å². The Hall–Kier alpha value is -2.56. The van der Waals surface area contributed by atoms with Gasteiger partial charge in [-0.2, -0.15) is 13.1 Å². The van der Waals surface area contributed by atoms with Gasteiger partial charge in [0.1, 0.15) is 15.9 Å². The molecule has 2 aliphatic rings. The first-order valence-electron chi connectivity index (χ1n) is 9.19. The summed E-state index contributed by atoms with van der Waals surface area (Å²) in [5.74, 6) is 0.654. The van der Waals surface area contributed by atoms with Gasteiger partial charge in [-0.15, -0.1) is 0 Å². The third-order valence-electron chi connectivity index (χ3n) is 5.28. The standard InChI is InChI=1S/C19H17N3O5S2/c23-19(12-6-7-15-16(9-12)27-11-26-15)13-3-2-8-22(10-13)29(24,25)17-5-1-4-14-18(17)21-28-20-14/h1,4-7,9,13H,2-3,8,10-11H2. The minimum absolute atomic E-state index is 0.0864. The summed E-state index contributed by atoms with van der Waals surface area (Å²) in [4.78, 5) is 13.2. The Morgan fingerprint density at radius 2 is 2.00 bits per heavy atom. The molecular weight excluding hydrogens is 414 g/mol. The van der Waals surface area contributed by atoms with Crippen LogP contribution in [0.25, 0.3) is 11.0 Å². The maximum Gasteiger partial charge on any atom is 0.245 e. The van der Waals surface area contributed by atoms with Crippen LogP contribution < -0.4 is 9.47 Å². The Morgan fingerprint density at radius 1 is 1.14 bits per heavy atom. The molecule has 0 N–H and O–H groups in total. The first kappa shape index (κ1) is 18.5. The monoisotopic (exact) mass is 431 g/mol. The van der Waals surface area contributed by atoms with Crippen LogP contribution in [0.15, 0.2) is 41.3 Å². The van der Waals surface area contributed by atoms with Gasteiger partial charge in [0.05, 0.1) is 11.7 Å². The molecule has 3 heterocycles. The summed E-state index contributed by atoms with van der Waals surface area (Å²) in [5.41, 5.74) is 1.44. The van der Waals surface area contributed by atoms with Crippen molar-refractivity contribution in [3.8, 4) is 11.5 Å². The number of fused-ring (bicyclic) bond motifs is 2. The minimum atomic E-state index is -3.78. The second-order valence-corrected chi connectivity index (χ2v) is 9.46. The fraction of sp³-hybridized carbons (Fsp3) is 0.316. The van der Waals surface area contributed by atoms with Gasteiger partial charge in [-0.3, -0.25) is 4.79 Å². The third kappa shape index (κ3) is 3.17. The number of ether oxygens (including phenoxy) is 2. The summed E-state index contributed by atoms with van der Waals surface area (Å²) >= 11 is 0.983. The van der Waals surface area contributed by atoms with Crippen molar-refractivity contribution in [2.75, 3.05) is 19.9 Å². The Labute approximate surface area is 171 Å². The Balaban J connectivity index is 1.41. The maximum atomic E-state index is 13.3. The second kappa shape index (κ2) is 7.05. The van der Waals surface area contributed by atoms with Crippen LogP contribution in [0, 0.1) is 5.92 Å². The van der Waals surface area contributed by atoms with Gasteiger partial charge in [-0.05, 0) is 43.2 Å². The van der Waals surface area contributed by atoms with Gasteiger partial charge in [-0.1, -0.05) is 6.07 Å². The number of piperidine rings is 1. The van der Waals surface area contributed by atoms with Gasteiger partial charge in [0, 0.05) is 24.6 Å². The lowest BCUT2D eigenvalue weighted by Crippen LogP contribution is -2.42. The average molecular weight is 431 g/mol. The number of ketones is 1. The van der Waals surface area contributed by atoms with Crippen molar-refractivity contribution in [2.45, 2.75) is 17.7 Å². The molecule has 2 aromatic carbocycles. The highest BCUT2D eigenvalue weighted by Crippen LogP contribution is 2.34. The van der Waals surface area contributed by atoms with Gasteiger partial charge < -0.3 is 9.47 Å². The van der Waals surface area contributed by atoms with Crippen LogP contribution in [-0.2, 0) is 10.0 Å². The van der Waals surface area contributed by atoms with Crippen LogP contribution in [-0.4, -0.2) is 47.1 Å². The van der Waals surface area contributed by atoms with E-state index in [-0.39, 0.29) is 24.0 Å². The summed E-state index contributed by atoms with van der Waals surface area (Å²) in [6.45, 7) is 0.657. The molecule has 0 saturated carbocycles. The molecule has 0 amide bonds. The second-order valence-electron chi connectivity index (χ2n) is 7.02. The quantitative estimate of drug-likeness (QED) is 0.586. The van der Waals surface area contributed by atoms with Crippen molar-refractivity contribution in [3.63, 3.8) is 0 Å². The number of sulfonamides is 1. The SMILES string of the molecule is O=C(c1ccc2c(c1)OCO2)C1CCCN(S(=O)(=O)c2cccc3nsnc23)C1. The molecule has 2 aliphatic heterocycles. The van der Waals surface area contributed by atoms with Crippen LogP contribution in [0.2, 0.25) is 0 Å². The van der Waals surface area contributed by atoms with E-state index in [9.17, 15) is 13.2 Å². The number of Topliss-reactive ketones (excluding diaryl/α,β-unsaturated/α-hetero) is 1. The molecule has 1 saturated heterocycles. The lowest BCUT2D eigenvalue weighted by atomic mass is 9.91. The number of carbonyl (C=O) groups excluding carboxylic acids is 1. The summed E-state index contributed by atoms with van der Waals surface area (Å²) in [6.07, 6.45) is 1.26. The van der Waals surface area contributed by atoms with Crippen molar-refractivity contribution >= 4 is 38.6 Å². The van der Waals surface area contributed by atoms with E-state index in [1.165, 1.54) is 4.31 Å². The van der Waals surface area contributed by atoms with Crippen LogP contribution in [0.5, 0.6) is 11.5 Å². The number of rotatable bonds is 4. The van der Waals surface area contributed by atoms with E-state index in [1.54, 1.807) is 36.4 Å². The van der Waals surface area contributed by atoms with Gasteiger partial charge in [0.15, 0.2) is 17.3 Å². The maximum absolute atomic E-state index is 13.3. The molecule has 1 aromatic heterocycles. The highest BCUT2D eigenvalue weighted by molar-refractivity contribution is 7.89. The highest BCUT2D eigenvalue weighted by Gasteiger charge is 2.35. The normalized spacial score (nSPS) is 19.5. The summed E-state index contributed by atoms with van der Waals surface area (Å²) < 4.78 is 46.8. The number of hydrogen-bond acceptors (Lipinski definition) is 8. The van der Waals surface area contributed by atoms with Crippen molar-refractivity contribution in [3.05, 3.63) is 42.0 Å². The predicted octanol–water partition coefficient (Wildman–Crippen LogP) is 2.70. The molecule has 10 heteroatoms. The largest absolute Gasteiger partial charge is 0.454 e. The first-order valence-corrected chi connectivity index (χ1v) is 11.4. The Bertz CT molecular complexity index is 1210. The summed E-state index contributed by atoms with van der Waals surface area (Å²) in [6, 6.07) is 10.0. The minimum Gasteiger partial charge on any atom is -0.454 e. The molecule has 0 spiro atoms. The van der Waals surface area contributed by atoms with Gasteiger partial charge in [-0.25, -0.2) is 8.42 Å². The molecule has 1 atom stereocenters. The van der Waals surface area contributed by atoms with Gasteiger partial charge >= 0.3 is 0 Å². The zero-order valence-electron chi connectivity index (χ0n) is 15.3. The molecular formula is C19H17N3O5S2. The van der Waals surface area contributed by atoms with E-state index >= 15 is 0 Å². The molecule has 1 unspecified atom stereocenters. The van der Waals surface area contributed by atoms with E-state index in [4.69, 9.17) is 9.47 Å². The number of nitrogens with zero attached hydrogens (tertiary/aromatic N) is 3. The fourth-order valence-electron chi connectivity index (χ4n) is 3.79. The number of hydrogen-bond donors (Lipinski definition) is 0.